The molecule has 1 amide bonds. The molecular weight excluding hydrogens is 687 g/mol. The van der Waals surface area contributed by atoms with Gasteiger partial charge < -0.3 is 33.6 Å². The van der Waals surface area contributed by atoms with E-state index >= 15 is 0 Å². The van der Waals surface area contributed by atoms with E-state index in [1.807, 2.05) is 27.2 Å². The number of aliphatic hydroxyl groups excluding tert-OH is 1. The van der Waals surface area contributed by atoms with Gasteiger partial charge in [-0.25, -0.2) is 0 Å². The third-order valence-electron chi connectivity index (χ3n) is 10.1. The molecule has 9 nitrogen and oxygen atoms in total. The maximum absolute atomic E-state index is 12.9. The van der Waals surface area contributed by atoms with Crippen molar-refractivity contribution in [3.05, 3.63) is 24.3 Å². The van der Waals surface area contributed by atoms with Crippen LogP contribution in [-0.2, 0) is 23.1 Å². The van der Waals surface area contributed by atoms with Crippen molar-refractivity contribution in [2.75, 3.05) is 40.9 Å². The van der Waals surface area contributed by atoms with Crippen LogP contribution < -0.4 is 10.2 Å². The number of phosphoric ester groups is 1. The molecule has 0 bridgehead atoms. The van der Waals surface area contributed by atoms with E-state index in [1.54, 1.807) is 6.08 Å². The lowest BCUT2D eigenvalue weighted by Gasteiger charge is -2.29. The normalized spacial score (nSPS) is 18.5. The molecule has 5 atom stereocenters. The molecule has 53 heavy (non-hydrogen) atoms. The maximum Gasteiger partial charge on any atom is 0.268 e. The molecule has 0 saturated carbocycles. The molecule has 1 rings (SSSR count). The van der Waals surface area contributed by atoms with Crippen LogP contribution in [0.25, 0.3) is 0 Å². The van der Waals surface area contributed by atoms with Crippen LogP contribution in [0.3, 0.4) is 0 Å². The third kappa shape index (κ3) is 31.8. The Morgan fingerprint density at radius 3 is 1.91 bits per heavy atom. The number of phosphoric acid groups is 1. The predicted octanol–water partition coefficient (Wildman–Crippen LogP) is 10.1. The molecule has 2 N–H and O–H groups in total. The van der Waals surface area contributed by atoms with Gasteiger partial charge in [0, 0.05) is 6.42 Å². The quantitative estimate of drug-likeness (QED) is 0.0211. The van der Waals surface area contributed by atoms with E-state index in [1.165, 1.54) is 96.3 Å². The standard InChI is InChI=1S/C43H83N2O7P/c1-6-8-10-12-14-15-16-17-18-19-20-21-22-24-28-32-40(46)39(38-51-53(48,49)50-37-36-45(3,4)5)44-43(47)35-31-27-23-26-30-34-42-41(52-42)33-29-25-13-11-9-7-2/h25,28-29,32,39-42,46H,6-24,26-27,30-31,33-38H2,1-5H3,(H-,44,47,48,49)/b29-25-,32-28+/t39-,40+,41?,42?/m0/s1. The lowest BCUT2D eigenvalue weighted by molar-refractivity contribution is -0.870. The van der Waals surface area contributed by atoms with Crippen molar-refractivity contribution in [3.63, 3.8) is 0 Å². The first-order valence-electron chi connectivity index (χ1n) is 21.8. The number of carbonyl (C=O) groups excluding carboxylic acids is 1. The van der Waals surface area contributed by atoms with Gasteiger partial charge in [0.1, 0.15) is 13.2 Å². The zero-order valence-electron chi connectivity index (χ0n) is 34.9. The van der Waals surface area contributed by atoms with Crippen LogP contribution in [0.4, 0.5) is 0 Å². The minimum atomic E-state index is -4.59. The van der Waals surface area contributed by atoms with Gasteiger partial charge in [-0.3, -0.25) is 9.36 Å². The molecule has 312 valence electrons. The van der Waals surface area contributed by atoms with Gasteiger partial charge in [0.05, 0.1) is 52.1 Å². The highest BCUT2D eigenvalue weighted by Gasteiger charge is 2.36. The van der Waals surface area contributed by atoms with Crippen LogP contribution >= 0.6 is 7.82 Å². The molecule has 0 radical (unpaired) electrons. The summed E-state index contributed by atoms with van der Waals surface area (Å²) in [6.45, 7) is 4.59. The lowest BCUT2D eigenvalue weighted by atomic mass is 10.0. The number of nitrogens with zero attached hydrogens (tertiary/aromatic N) is 1. The van der Waals surface area contributed by atoms with Gasteiger partial charge in [-0.05, 0) is 44.9 Å². The summed E-state index contributed by atoms with van der Waals surface area (Å²) in [4.78, 5) is 25.3. The van der Waals surface area contributed by atoms with E-state index in [9.17, 15) is 19.4 Å². The first-order valence-corrected chi connectivity index (χ1v) is 23.3. The minimum Gasteiger partial charge on any atom is -0.756 e. The summed E-state index contributed by atoms with van der Waals surface area (Å²) in [6, 6.07) is -0.896. The summed E-state index contributed by atoms with van der Waals surface area (Å²) in [5.41, 5.74) is 0. The molecule has 10 heteroatoms. The molecule has 0 aromatic rings. The van der Waals surface area contributed by atoms with Crippen LogP contribution in [0, 0.1) is 0 Å². The second-order valence-electron chi connectivity index (χ2n) is 16.4. The minimum absolute atomic E-state index is 0.00627. The van der Waals surface area contributed by atoms with E-state index in [0.29, 0.717) is 29.7 Å². The second-order valence-corrected chi connectivity index (χ2v) is 17.8. The first kappa shape index (κ1) is 50.0. The van der Waals surface area contributed by atoms with Crippen LogP contribution in [0.15, 0.2) is 24.3 Å². The van der Waals surface area contributed by atoms with Crippen molar-refractivity contribution < 1.29 is 37.6 Å². The molecule has 0 spiro atoms. The van der Waals surface area contributed by atoms with E-state index < -0.39 is 20.0 Å². The molecule has 0 aromatic heterocycles. The molecule has 1 aliphatic rings. The number of likely N-dealkylation sites (N-methyl/N-ethyl adjacent to an activating group) is 1. The number of amides is 1. The van der Waals surface area contributed by atoms with Gasteiger partial charge in [0.15, 0.2) is 0 Å². The van der Waals surface area contributed by atoms with Crippen LogP contribution in [0.1, 0.15) is 181 Å². The zero-order valence-corrected chi connectivity index (χ0v) is 35.8. The number of quaternary nitrogens is 1. The van der Waals surface area contributed by atoms with E-state index in [-0.39, 0.29) is 19.1 Å². The summed E-state index contributed by atoms with van der Waals surface area (Å²) in [5.74, 6) is -0.216. The van der Waals surface area contributed by atoms with E-state index in [4.69, 9.17) is 13.8 Å². The number of hydrogen-bond donors (Lipinski definition) is 2. The molecule has 1 fully saturated rings. The number of aliphatic hydroxyl groups is 1. The Labute approximate surface area is 326 Å². The number of carbonyl (C=O) groups is 1. The molecular formula is C43H83N2O7P. The van der Waals surface area contributed by atoms with Gasteiger partial charge in [0.2, 0.25) is 5.91 Å². The average Bonchev–Trinajstić information content (AvgIpc) is 3.86. The highest BCUT2D eigenvalue weighted by molar-refractivity contribution is 7.45. The number of ether oxygens (including phenoxy) is 1. The van der Waals surface area contributed by atoms with Crippen molar-refractivity contribution in [1.29, 1.82) is 0 Å². The summed E-state index contributed by atoms with van der Waals surface area (Å²) in [7, 11) is 1.24. The van der Waals surface area contributed by atoms with Gasteiger partial charge in [-0.15, -0.1) is 0 Å². The SMILES string of the molecule is CCCCC/C=C\CC1OC1CCCCCCCC(=O)N[C@@H](COP(=O)([O-])OCC[N+](C)(C)C)[C@H](O)/C=C/CCCCCCCCCCCCCCC. The molecule has 3 unspecified atom stereocenters. The van der Waals surface area contributed by atoms with Crippen molar-refractivity contribution in [2.45, 2.75) is 205 Å². The van der Waals surface area contributed by atoms with Gasteiger partial charge in [0.25, 0.3) is 7.82 Å². The first-order chi connectivity index (χ1) is 25.5. The number of unbranched alkanes of at least 4 members (excludes halogenated alkanes) is 20. The Bertz CT molecular complexity index is 986. The number of allylic oxidation sites excluding steroid dienone is 2. The van der Waals surface area contributed by atoms with Gasteiger partial charge in [-0.1, -0.05) is 154 Å². The Hall–Kier alpha value is -1.06. The smallest absolute Gasteiger partial charge is 0.268 e. The molecule has 1 aliphatic heterocycles. The third-order valence-corrected chi connectivity index (χ3v) is 11.0. The molecule has 1 saturated heterocycles. The van der Waals surface area contributed by atoms with E-state index in [2.05, 4.69) is 31.3 Å². The Morgan fingerprint density at radius 2 is 1.28 bits per heavy atom. The zero-order chi connectivity index (χ0) is 39.0. The molecule has 1 heterocycles. The summed E-state index contributed by atoms with van der Waals surface area (Å²) >= 11 is 0. The Morgan fingerprint density at radius 1 is 0.755 bits per heavy atom. The fraction of sp³-hybridized carbons (Fsp3) is 0.884. The highest BCUT2D eigenvalue weighted by atomic mass is 31.2. The highest BCUT2D eigenvalue weighted by Crippen LogP contribution is 2.38. The number of epoxide rings is 1. The van der Waals surface area contributed by atoms with Gasteiger partial charge in [-0.2, -0.15) is 0 Å². The van der Waals surface area contributed by atoms with Gasteiger partial charge >= 0.3 is 0 Å². The molecule has 0 aromatic carbocycles. The Balaban J connectivity index is 2.34. The topological polar surface area (TPSA) is 120 Å². The van der Waals surface area contributed by atoms with E-state index in [0.717, 1.165) is 64.2 Å². The van der Waals surface area contributed by atoms with Crippen molar-refractivity contribution >= 4 is 13.7 Å². The van der Waals surface area contributed by atoms with Crippen LogP contribution in [0.2, 0.25) is 0 Å². The van der Waals surface area contributed by atoms with Crippen LogP contribution in [-0.4, -0.2) is 80.8 Å². The predicted molar refractivity (Wildman–Crippen MR) is 219 cm³/mol. The fourth-order valence-electron chi connectivity index (χ4n) is 6.45. The van der Waals surface area contributed by atoms with Crippen molar-refractivity contribution in [3.8, 4) is 0 Å². The monoisotopic (exact) mass is 771 g/mol. The van der Waals surface area contributed by atoms with Crippen LogP contribution in [0.5, 0.6) is 0 Å². The van der Waals surface area contributed by atoms with Crippen molar-refractivity contribution in [2.24, 2.45) is 0 Å². The number of hydrogen-bond acceptors (Lipinski definition) is 7. The largest absolute Gasteiger partial charge is 0.756 e. The fourth-order valence-corrected chi connectivity index (χ4v) is 7.17. The average molecular weight is 771 g/mol. The molecule has 0 aliphatic carbocycles. The number of nitrogens with one attached hydrogen (secondary N) is 1. The second kappa shape index (κ2) is 32.1. The van der Waals surface area contributed by atoms with Crippen molar-refractivity contribution in [1.82, 2.24) is 5.32 Å². The Kier molecular flexibility index (Phi) is 30.2. The summed E-state index contributed by atoms with van der Waals surface area (Å²) < 4.78 is 29.0. The lowest BCUT2D eigenvalue weighted by Crippen LogP contribution is -2.45. The number of rotatable bonds is 38. The summed E-state index contributed by atoms with van der Waals surface area (Å²) in [6.07, 6.45) is 38.0. The maximum atomic E-state index is 12.9. The summed E-state index contributed by atoms with van der Waals surface area (Å²) in [5, 5.41) is 13.8.